The Morgan fingerprint density at radius 1 is 1.45 bits per heavy atom. The van der Waals surface area contributed by atoms with Crippen molar-refractivity contribution in [3.8, 4) is 10.6 Å². The van der Waals surface area contributed by atoms with Crippen molar-refractivity contribution in [1.82, 2.24) is 4.98 Å². The summed E-state index contributed by atoms with van der Waals surface area (Å²) in [6.07, 6.45) is 0. The van der Waals surface area contributed by atoms with Crippen LogP contribution >= 0.6 is 46.2 Å². The lowest BCUT2D eigenvalue weighted by Gasteiger charge is -2.00. The molecule has 1 aliphatic rings. The summed E-state index contributed by atoms with van der Waals surface area (Å²) in [5, 5.41) is 7.47. The summed E-state index contributed by atoms with van der Waals surface area (Å²) in [7, 11) is 0. The summed E-state index contributed by atoms with van der Waals surface area (Å²) < 4.78 is 1.01. The lowest BCUT2D eigenvalue weighted by molar-refractivity contribution is -0.113. The second-order valence-electron chi connectivity index (χ2n) is 3.85. The first-order valence-electron chi connectivity index (χ1n) is 5.90. The highest BCUT2D eigenvalue weighted by Crippen LogP contribution is 2.28. The number of thioether (sulfide) groups is 2. The van der Waals surface area contributed by atoms with Crippen molar-refractivity contribution in [2.75, 3.05) is 23.4 Å². The molecular formula is C12H11N3OS4. The molecule has 0 saturated carbocycles. The van der Waals surface area contributed by atoms with Crippen LogP contribution in [-0.2, 0) is 4.79 Å². The fourth-order valence-corrected chi connectivity index (χ4v) is 4.85. The number of carbonyl (C=O) groups excluding carboxylic acids is 1. The number of nitrogens with zero attached hydrogens (tertiary/aromatic N) is 2. The molecule has 8 heteroatoms. The van der Waals surface area contributed by atoms with E-state index in [0.717, 1.165) is 27.2 Å². The number of hydrogen-bond donors (Lipinski definition) is 1. The van der Waals surface area contributed by atoms with E-state index in [1.165, 1.54) is 23.1 Å². The van der Waals surface area contributed by atoms with E-state index in [0.29, 0.717) is 10.9 Å². The van der Waals surface area contributed by atoms with E-state index >= 15 is 0 Å². The molecule has 20 heavy (non-hydrogen) atoms. The Bertz CT molecular complexity index is 620. The second kappa shape index (κ2) is 6.75. The van der Waals surface area contributed by atoms with E-state index in [1.807, 2.05) is 22.9 Å². The van der Waals surface area contributed by atoms with Gasteiger partial charge >= 0.3 is 0 Å². The zero-order valence-electron chi connectivity index (χ0n) is 10.4. The molecule has 4 nitrogen and oxygen atoms in total. The van der Waals surface area contributed by atoms with Crippen molar-refractivity contribution in [3.63, 3.8) is 0 Å². The molecule has 3 rings (SSSR count). The Labute approximate surface area is 133 Å². The standard InChI is InChI=1S/C12H11N3OS4/c16-10(7-20-12-13-3-5-18-12)15-11-14-8(6-19-11)9-2-1-4-17-9/h1-2,4,6H,3,5,7H2,(H,14,15,16). The summed E-state index contributed by atoms with van der Waals surface area (Å²) >= 11 is 6.31. The van der Waals surface area contributed by atoms with Crippen LogP contribution in [0.2, 0.25) is 0 Å². The van der Waals surface area contributed by atoms with E-state index in [9.17, 15) is 4.79 Å². The maximum absolute atomic E-state index is 11.8. The number of nitrogens with one attached hydrogen (secondary N) is 1. The van der Waals surface area contributed by atoms with E-state index in [1.54, 1.807) is 23.1 Å². The van der Waals surface area contributed by atoms with Gasteiger partial charge in [0.1, 0.15) is 4.38 Å². The summed E-state index contributed by atoms with van der Waals surface area (Å²) in [5.74, 6) is 1.39. The molecule has 0 bridgehead atoms. The predicted molar refractivity (Wildman–Crippen MR) is 91.3 cm³/mol. The number of amides is 1. The molecule has 0 aromatic carbocycles. The van der Waals surface area contributed by atoms with Gasteiger partial charge in [-0.2, -0.15) is 0 Å². The van der Waals surface area contributed by atoms with E-state index in [-0.39, 0.29) is 5.91 Å². The van der Waals surface area contributed by atoms with Gasteiger partial charge in [0.05, 0.1) is 22.9 Å². The molecule has 2 aromatic rings. The zero-order chi connectivity index (χ0) is 13.8. The molecule has 0 unspecified atom stereocenters. The largest absolute Gasteiger partial charge is 0.301 e. The molecule has 0 atom stereocenters. The Morgan fingerprint density at radius 3 is 3.15 bits per heavy atom. The van der Waals surface area contributed by atoms with Crippen LogP contribution in [-0.4, -0.2) is 33.3 Å². The third-order valence-corrected chi connectivity index (χ3v) is 6.31. The summed E-state index contributed by atoms with van der Waals surface area (Å²) in [5.41, 5.74) is 0.920. The molecule has 2 aromatic heterocycles. The highest BCUT2D eigenvalue weighted by atomic mass is 32.2. The van der Waals surface area contributed by atoms with Crippen molar-refractivity contribution in [3.05, 3.63) is 22.9 Å². The Kier molecular flexibility index (Phi) is 4.77. The zero-order valence-corrected chi connectivity index (χ0v) is 13.6. The maximum atomic E-state index is 11.8. The van der Waals surface area contributed by atoms with Crippen molar-refractivity contribution in [1.29, 1.82) is 0 Å². The molecule has 1 amide bonds. The first-order valence-corrected chi connectivity index (χ1v) is 9.63. The Balaban J connectivity index is 1.53. The van der Waals surface area contributed by atoms with Crippen LogP contribution in [0.3, 0.4) is 0 Å². The van der Waals surface area contributed by atoms with Gasteiger partial charge in [-0.25, -0.2) is 4.98 Å². The number of carbonyl (C=O) groups is 1. The van der Waals surface area contributed by atoms with Gasteiger partial charge in [0.25, 0.3) is 0 Å². The van der Waals surface area contributed by atoms with Crippen LogP contribution in [0.15, 0.2) is 27.9 Å². The highest BCUT2D eigenvalue weighted by Gasteiger charge is 2.12. The Hall–Kier alpha value is -0.830. The minimum absolute atomic E-state index is 0.0303. The third kappa shape index (κ3) is 3.63. The fourth-order valence-electron chi connectivity index (χ4n) is 1.55. The minimum Gasteiger partial charge on any atom is -0.301 e. The SMILES string of the molecule is O=C(CSC1=NCCS1)Nc1nc(-c2cccs2)cs1. The lowest BCUT2D eigenvalue weighted by Crippen LogP contribution is -2.14. The number of aromatic nitrogens is 1. The third-order valence-electron chi connectivity index (χ3n) is 2.41. The second-order valence-corrected chi connectivity index (χ2v) is 7.96. The number of anilines is 1. The lowest BCUT2D eigenvalue weighted by atomic mass is 10.4. The smallest absolute Gasteiger partial charge is 0.236 e. The van der Waals surface area contributed by atoms with Gasteiger partial charge in [0, 0.05) is 11.1 Å². The quantitative estimate of drug-likeness (QED) is 0.922. The van der Waals surface area contributed by atoms with E-state index in [4.69, 9.17) is 0 Å². The van der Waals surface area contributed by atoms with Crippen molar-refractivity contribution in [2.24, 2.45) is 4.99 Å². The molecule has 0 fully saturated rings. The molecule has 0 radical (unpaired) electrons. The molecule has 0 aliphatic carbocycles. The van der Waals surface area contributed by atoms with Gasteiger partial charge in [0.15, 0.2) is 5.13 Å². The van der Waals surface area contributed by atoms with Gasteiger partial charge < -0.3 is 5.32 Å². The molecule has 0 spiro atoms. The summed E-state index contributed by atoms with van der Waals surface area (Å²) in [6, 6.07) is 4.02. The molecule has 3 heterocycles. The van der Waals surface area contributed by atoms with Gasteiger partial charge in [-0.3, -0.25) is 9.79 Å². The molecule has 1 N–H and O–H groups in total. The summed E-state index contributed by atoms with van der Waals surface area (Å²) in [4.78, 5) is 21.7. The molecule has 1 aliphatic heterocycles. The fraction of sp³-hybridized carbons (Fsp3) is 0.250. The topological polar surface area (TPSA) is 54.4 Å². The minimum atomic E-state index is -0.0303. The molecule has 0 saturated heterocycles. The van der Waals surface area contributed by atoms with Crippen LogP contribution in [0, 0.1) is 0 Å². The number of rotatable bonds is 4. The van der Waals surface area contributed by atoms with Gasteiger partial charge in [-0.15, -0.1) is 22.7 Å². The van der Waals surface area contributed by atoms with E-state index in [2.05, 4.69) is 15.3 Å². The predicted octanol–water partition coefficient (Wildman–Crippen LogP) is 3.65. The summed E-state index contributed by atoms with van der Waals surface area (Å²) in [6.45, 7) is 0.866. The number of thiazole rings is 1. The maximum Gasteiger partial charge on any atom is 0.236 e. The van der Waals surface area contributed by atoms with E-state index < -0.39 is 0 Å². The van der Waals surface area contributed by atoms with Crippen LogP contribution < -0.4 is 5.32 Å². The highest BCUT2D eigenvalue weighted by molar-refractivity contribution is 8.39. The number of aliphatic imine (C=N–C) groups is 1. The molecule has 104 valence electrons. The van der Waals surface area contributed by atoms with Gasteiger partial charge in [-0.05, 0) is 11.4 Å². The average molecular weight is 342 g/mol. The average Bonchev–Trinajstić information content (AvgIpc) is 3.18. The van der Waals surface area contributed by atoms with Crippen LogP contribution in [0.1, 0.15) is 0 Å². The van der Waals surface area contributed by atoms with Gasteiger partial charge in [0.2, 0.25) is 5.91 Å². The van der Waals surface area contributed by atoms with Crippen molar-refractivity contribution < 1.29 is 4.79 Å². The van der Waals surface area contributed by atoms with Gasteiger partial charge in [-0.1, -0.05) is 29.6 Å². The monoisotopic (exact) mass is 341 g/mol. The van der Waals surface area contributed by atoms with Crippen LogP contribution in [0.4, 0.5) is 5.13 Å². The normalized spacial score (nSPS) is 14.3. The number of thiophene rings is 1. The molecular weight excluding hydrogens is 330 g/mol. The number of hydrogen-bond acceptors (Lipinski definition) is 7. The van der Waals surface area contributed by atoms with Crippen molar-refractivity contribution in [2.45, 2.75) is 0 Å². The first-order chi connectivity index (χ1) is 9.81. The van der Waals surface area contributed by atoms with Crippen LogP contribution in [0.25, 0.3) is 10.6 Å². The van der Waals surface area contributed by atoms with Crippen molar-refractivity contribution >= 4 is 61.6 Å². The van der Waals surface area contributed by atoms with Crippen LogP contribution in [0.5, 0.6) is 0 Å². The first kappa shape index (κ1) is 14.1. The Morgan fingerprint density at radius 2 is 2.40 bits per heavy atom.